The Morgan fingerprint density at radius 1 is 0.600 bits per heavy atom. The molecule has 158 valence electrons. The quantitative estimate of drug-likeness (QED) is 0.374. The fourth-order valence-corrected chi connectivity index (χ4v) is 5.50. The van der Waals surface area contributed by atoms with Crippen LogP contribution in [0, 0.1) is 24.7 Å². The van der Waals surface area contributed by atoms with Crippen molar-refractivity contribution in [2.45, 2.75) is 60.5 Å². The van der Waals surface area contributed by atoms with Crippen LogP contribution in [0.15, 0.2) is 66.7 Å². The van der Waals surface area contributed by atoms with Gasteiger partial charge < -0.3 is 0 Å². The van der Waals surface area contributed by atoms with Crippen molar-refractivity contribution in [3.63, 3.8) is 0 Å². The normalized spacial score (nSPS) is 12.8. The van der Waals surface area contributed by atoms with Crippen LogP contribution in [-0.2, 0) is 5.16 Å². The average Bonchev–Trinajstić information content (AvgIpc) is 2.68. The van der Waals surface area contributed by atoms with E-state index in [1.165, 1.54) is 38.9 Å². The lowest BCUT2D eigenvalue weighted by atomic mass is 9.61. The fraction of sp³-hybridized carbons (Fsp3) is 0.379. The van der Waals surface area contributed by atoms with Gasteiger partial charge in [-0.15, -0.1) is 9.24 Å². The molecule has 0 spiro atoms. The molecular weight excluding hydrogens is 379 g/mol. The summed E-state index contributed by atoms with van der Waals surface area (Å²) in [5.41, 5.74) is 9.58. The van der Waals surface area contributed by atoms with E-state index in [0.717, 1.165) is 0 Å². The largest absolute Gasteiger partial charge is 0.125 e. The monoisotopic (exact) mass is 416 g/mol. The lowest BCUT2D eigenvalue weighted by Crippen LogP contribution is -2.45. The molecule has 0 heterocycles. The van der Waals surface area contributed by atoms with Gasteiger partial charge in [0.1, 0.15) is 0 Å². The summed E-state index contributed by atoms with van der Waals surface area (Å²) < 4.78 is 0. The second-order valence-electron chi connectivity index (χ2n) is 10.7. The molecule has 0 aliphatic rings. The Bertz CT molecular complexity index is 1000. The molecule has 0 saturated heterocycles. The summed E-state index contributed by atoms with van der Waals surface area (Å²) in [7, 11) is 3.28. The first-order chi connectivity index (χ1) is 13.9. The Balaban J connectivity index is 2.47. The molecule has 0 nitrogen and oxygen atoms in total. The van der Waals surface area contributed by atoms with E-state index >= 15 is 0 Å². The van der Waals surface area contributed by atoms with E-state index in [-0.39, 0.29) is 16.0 Å². The molecule has 0 aromatic heterocycles. The molecular formula is C29H37P. The summed E-state index contributed by atoms with van der Waals surface area (Å²) >= 11 is 0. The van der Waals surface area contributed by atoms with Crippen LogP contribution in [0.5, 0.6) is 0 Å². The molecule has 0 bridgehead atoms. The SMILES string of the molecule is Cc1cc(C(P)(C(C)(C)C)C(C)(C)C)c(C)c(-c2ccccc2)c1-c1ccccc1. The highest BCUT2D eigenvalue weighted by Gasteiger charge is 2.49. The average molecular weight is 417 g/mol. The first-order valence-corrected chi connectivity index (χ1v) is 11.5. The highest BCUT2D eigenvalue weighted by molar-refractivity contribution is 7.18. The van der Waals surface area contributed by atoms with Crippen molar-refractivity contribution in [1.29, 1.82) is 0 Å². The Morgan fingerprint density at radius 3 is 1.40 bits per heavy atom. The zero-order chi connectivity index (χ0) is 22.3. The third-order valence-electron chi connectivity index (χ3n) is 6.70. The van der Waals surface area contributed by atoms with Gasteiger partial charge in [-0.2, -0.15) is 0 Å². The van der Waals surface area contributed by atoms with Crippen LogP contribution < -0.4 is 0 Å². The number of benzene rings is 3. The van der Waals surface area contributed by atoms with Crippen molar-refractivity contribution in [1.82, 2.24) is 0 Å². The van der Waals surface area contributed by atoms with E-state index in [0.29, 0.717) is 0 Å². The van der Waals surface area contributed by atoms with Crippen molar-refractivity contribution >= 4 is 9.24 Å². The van der Waals surface area contributed by atoms with E-state index in [4.69, 9.17) is 0 Å². The summed E-state index contributed by atoms with van der Waals surface area (Å²) in [4.78, 5) is 0. The van der Waals surface area contributed by atoms with Gasteiger partial charge in [0.05, 0.1) is 0 Å². The summed E-state index contributed by atoms with van der Waals surface area (Å²) in [6.07, 6.45) is 0. The summed E-state index contributed by atoms with van der Waals surface area (Å²) in [6, 6.07) is 24.2. The Kier molecular flexibility index (Phi) is 6.05. The van der Waals surface area contributed by atoms with Crippen molar-refractivity contribution in [3.05, 3.63) is 83.4 Å². The molecule has 0 aliphatic heterocycles. The third-order valence-corrected chi connectivity index (χ3v) is 8.74. The molecule has 0 radical (unpaired) electrons. The lowest BCUT2D eigenvalue weighted by molar-refractivity contribution is 0.139. The van der Waals surface area contributed by atoms with Gasteiger partial charge in [-0.05, 0) is 63.6 Å². The summed E-state index contributed by atoms with van der Waals surface area (Å²) in [5.74, 6) is 0. The zero-order valence-electron chi connectivity index (χ0n) is 19.9. The fourth-order valence-electron chi connectivity index (χ4n) is 5.20. The van der Waals surface area contributed by atoms with E-state index in [9.17, 15) is 0 Å². The van der Waals surface area contributed by atoms with Gasteiger partial charge in [-0.25, -0.2) is 0 Å². The molecule has 0 aliphatic carbocycles. The van der Waals surface area contributed by atoms with Crippen molar-refractivity contribution < 1.29 is 0 Å². The second kappa shape index (κ2) is 7.97. The molecule has 3 aromatic rings. The van der Waals surface area contributed by atoms with Crippen LogP contribution in [-0.4, -0.2) is 0 Å². The van der Waals surface area contributed by atoms with Gasteiger partial charge in [-0.1, -0.05) is 108 Å². The molecule has 30 heavy (non-hydrogen) atoms. The standard InChI is InChI=1S/C29H37P/c1-20-19-24(29(30,27(3,4)5)28(6,7)8)21(2)26(23-17-13-10-14-18-23)25(20)22-15-11-9-12-16-22/h9-19H,30H2,1-8H3. The highest BCUT2D eigenvalue weighted by atomic mass is 31.0. The summed E-state index contributed by atoms with van der Waals surface area (Å²) in [6.45, 7) is 18.8. The van der Waals surface area contributed by atoms with Gasteiger partial charge in [0.2, 0.25) is 0 Å². The molecule has 0 fully saturated rings. The minimum absolute atomic E-state index is 0.0758. The molecule has 0 saturated carbocycles. The molecule has 1 atom stereocenters. The van der Waals surface area contributed by atoms with E-state index in [2.05, 4.69) is 131 Å². The van der Waals surface area contributed by atoms with Crippen molar-refractivity contribution in [3.8, 4) is 22.3 Å². The van der Waals surface area contributed by atoms with Crippen molar-refractivity contribution in [2.75, 3.05) is 0 Å². The minimum atomic E-state index is -0.0758. The smallest absolute Gasteiger partial charge is 0.0197 e. The second-order valence-corrected chi connectivity index (χ2v) is 11.5. The van der Waals surface area contributed by atoms with Gasteiger partial charge in [0.15, 0.2) is 0 Å². The van der Waals surface area contributed by atoms with Gasteiger partial charge >= 0.3 is 0 Å². The van der Waals surface area contributed by atoms with Gasteiger partial charge in [-0.3, -0.25) is 0 Å². The van der Waals surface area contributed by atoms with Crippen LogP contribution in [0.1, 0.15) is 58.2 Å². The van der Waals surface area contributed by atoms with Crippen LogP contribution >= 0.6 is 9.24 Å². The number of hydrogen-bond donors (Lipinski definition) is 0. The Labute approximate surface area is 186 Å². The molecule has 3 rings (SSSR count). The minimum Gasteiger partial charge on any atom is -0.125 e. The predicted octanol–water partition coefficient (Wildman–Crippen LogP) is 8.80. The Hall–Kier alpha value is -1.91. The maximum atomic E-state index is 3.28. The molecule has 3 aromatic carbocycles. The highest BCUT2D eigenvalue weighted by Crippen LogP contribution is 2.60. The number of aryl methyl sites for hydroxylation is 1. The van der Waals surface area contributed by atoms with E-state index in [1.54, 1.807) is 0 Å². The van der Waals surface area contributed by atoms with E-state index < -0.39 is 0 Å². The van der Waals surface area contributed by atoms with Crippen LogP contribution in [0.3, 0.4) is 0 Å². The predicted molar refractivity (Wildman–Crippen MR) is 137 cm³/mol. The van der Waals surface area contributed by atoms with Crippen LogP contribution in [0.2, 0.25) is 0 Å². The van der Waals surface area contributed by atoms with Gasteiger partial charge in [0, 0.05) is 5.16 Å². The first-order valence-electron chi connectivity index (χ1n) is 10.9. The molecule has 0 amide bonds. The topological polar surface area (TPSA) is 0 Å². The van der Waals surface area contributed by atoms with Crippen LogP contribution in [0.25, 0.3) is 22.3 Å². The molecule has 0 N–H and O–H groups in total. The van der Waals surface area contributed by atoms with Gasteiger partial charge in [0.25, 0.3) is 0 Å². The Morgan fingerprint density at radius 2 is 1.00 bits per heavy atom. The molecule has 1 unspecified atom stereocenters. The van der Waals surface area contributed by atoms with E-state index in [1.807, 2.05) is 0 Å². The first kappa shape index (κ1) is 22.8. The number of rotatable bonds is 3. The third kappa shape index (κ3) is 3.76. The maximum Gasteiger partial charge on any atom is 0.0197 e. The van der Waals surface area contributed by atoms with Crippen LogP contribution in [0.4, 0.5) is 0 Å². The lowest BCUT2D eigenvalue weighted by Gasteiger charge is -2.52. The number of hydrogen-bond acceptors (Lipinski definition) is 0. The zero-order valence-corrected chi connectivity index (χ0v) is 21.1. The molecule has 1 heteroatoms. The maximum absolute atomic E-state index is 3.28. The van der Waals surface area contributed by atoms with Crippen molar-refractivity contribution in [2.24, 2.45) is 10.8 Å². The summed E-state index contributed by atoms with van der Waals surface area (Å²) in [5, 5.41) is -0.0758.